The molecule has 5 heteroatoms. The summed E-state index contributed by atoms with van der Waals surface area (Å²) >= 11 is 12.0. The van der Waals surface area contributed by atoms with Gasteiger partial charge in [0.15, 0.2) is 0 Å². The molecule has 3 nitrogen and oxygen atoms in total. The third-order valence-electron chi connectivity index (χ3n) is 3.61. The maximum absolute atomic E-state index is 12.3. The van der Waals surface area contributed by atoms with Crippen molar-refractivity contribution < 1.29 is 9.53 Å². The Bertz CT molecular complexity index is 308. The molecule has 1 aliphatic carbocycles. The Labute approximate surface area is 106 Å². The minimum Gasteiger partial charge on any atom is -0.375 e. The number of morpholine rings is 1. The van der Waals surface area contributed by atoms with Gasteiger partial charge in [0.1, 0.15) is 4.33 Å². The summed E-state index contributed by atoms with van der Waals surface area (Å²) in [4.78, 5) is 14.1. The van der Waals surface area contributed by atoms with Crippen molar-refractivity contribution in [2.24, 2.45) is 5.41 Å². The van der Waals surface area contributed by atoms with Gasteiger partial charge in [0.2, 0.25) is 5.91 Å². The summed E-state index contributed by atoms with van der Waals surface area (Å²) in [6, 6.07) is 0. The normalized spacial score (nSPS) is 37.2. The van der Waals surface area contributed by atoms with Crippen LogP contribution in [0.25, 0.3) is 0 Å². The van der Waals surface area contributed by atoms with Crippen molar-refractivity contribution in [3.63, 3.8) is 0 Å². The Hall–Kier alpha value is 0.01000. The van der Waals surface area contributed by atoms with Crippen molar-refractivity contribution in [2.45, 2.75) is 37.1 Å². The highest BCUT2D eigenvalue weighted by molar-refractivity contribution is 6.53. The number of hydrogen-bond donors (Lipinski definition) is 0. The van der Waals surface area contributed by atoms with Crippen LogP contribution in [0.3, 0.4) is 0 Å². The number of carbonyl (C=O) groups excluding carboxylic acids is 1. The highest BCUT2D eigenvalue weighted by Crippen LogP contribution is 2.64. The van der Waals surface area contributed by atoms with Crippen molar-refractivity contribution in [3.8, 4) is 0 Å². The smallest absolute Gasteiger partial charge is 0.231 e. The maximum atomic E-state index is 12.3. The molecule has 1 saturated heterocycles. The predicted molar refractivity (Wildman–Crippen MR) is 63.8 cm³/mol. The fourth-order valence-electron chi connectivity index (χ4n) is 2.13. The summed E-state index contributed by atoms with van der Waals surface area (Å²) in [6.45, 7) is 5.82. The molecular weight excluding hydrogens is 249 g/mol. The van der Waals surface area contributed by atoms with Crippen LogP contribution < -0.4 is 0 Å². The summed E-state index contributed by atoms with van der Waals surface area (Å²) in [6.07, 6.45) is 1.63. The Morgan fingerprint density at radius 3 is 2.69 bits per heavy atom. The maximum Gasteiger partial charge on any atom is 0.231 e. The van der Waals surface area contributed by atoms with E-state index in [-0.39, 0.29) is 12.0 Å². The zero-order chi connectivity index (χ0) is 12.0. The standard InChI is InChI=1S/C11H17Cl2NO2/c1-3-8-6-14(4-5-16-8)9(15)10(2)7-11(10,12)13/h8H,3-7H2,1-2H3/t8-,10-/m1/s1. The molecule has 0 aromatic rings. The molecule has 0 bridgehead atoms. The number of carbonyl (C=O) groups is 1. The molecule has 0 radical (unpaired) electrons. The van der Waals surface area contributed by atoms with Crippen LogP contribution in [0, 0.1) is 5.41 Å². The van der Waals surface area contributed by atoms with E-state index in [9.17, 15) is 4.79 Å². The number of alkyl halides is 2. The minimum atomic E-state index is -0.871. The van der Waals surface area contributed by atoms with Crippen LogP contribution in [0.4, 0.5) is 0 Å². The molecule has 0 unspecified atom stereocenters. The van der Waals surface area contributed by atoms with E-state index in [4.69, 9.17) is 27.9 Å². The second-order valence-electron chi connectivity index (χ2n) is 4.87. The van der Waals surface area contributed by atoms with E-state index in [0.717, 1.165) is 6.42 Å². The first-order valence-electron chi connectivity index (χ1n) is 5.69. The van der Waals surface area contributed by atoms with Crippen molar-refractivity contribution in [1.29, 1.82) is 0 Å². The van der Waals surface area contributed by atoms with Gasteiger partial charge >= 0.3 is 0 Å². The van der Waals surface area contributed by atoms with Gasteiger partial charge in [-0.15, -0.1) is 23.2 Å². The van der Waals surface area contributed by atoms with Gasteiger partial charge in [0.05, 0.1) is 18.1 Å². The highest BCUT2D eigenvalue weighted by atomic mass is 35.5. The van der Waals surface area contributed by atoms with Crippen molar-refractivity contribution in [1.82, 2.24) is 4.90 Å². The molecule has 92 valence electrons. The molecular formula is C11H17Cl2NO2. The number of rotatable bonds is 2. The molecule has 0 aromatic carbocycles. The van der Waals surface area contributed by atoms with Gasteiger partial charge in [-0.2, -0.15) is 0 Å². The van der Waals surface area contributed by atoms with Crippen LogP contribution in [-0.4, -0.2) is 40.9 Å². The summed E-state index contributed by atoms with van der Waals surface area (Å²) in [5.74, 6) is 0.0688. The van der Waals surface area contributed by atoms with Gasteiger partial charge in [-0.05, 0) is 19.8 Å². The van der Waals surface area contributed by atoms with Crippen molar-refractivity contribution in [3.05, 3.63) is 0 Å². The van der Waals surface area contributed by atoms with Crippen LogP contribution in [0.5, 0.6) is 0 Å². The molecule has 2 fully saturated rings. The zero-order valence-corrected chi connectivity index (χ0v) is 11.1. The predicted octanol–water partition coefficient (Wildman–Crippen LogP) is 2.21. The molecule has 2 aliphatic rings. The van der Waals surface area contributed by atoms with Crippen LogP contribution in [0.1, 0.15) is 26.7 Å². The van der Waals surface area contributed by atoms with Gasteiger partial charge < -0.3 is 9.64 Å². The van der Waals surface area contributed by atoms with Crippen molar-refractivity contribution >= 4 is 29.1 Å². The molecule has 1 amide bonds. The van der Waals surface area contributed by atoms with E-state index in [1.807, 2.05) is 11.8 Å². The van der Waals surface area contributed by atoms with E-state index in [1.165, 1.54) is 0 Å². The lowest BCUT2D eigenvalue weighted by molar-refractivity contribution is -0.144. The lowest BCUT2D eigenvalue weighted by atomic mass is 10.1. The Balaban J connectivity index is 2.01. The fourth-order valence-corrected chi connectivity index (χ4v) is 2.83. The molecule has 0 spiro atoms. The third-order valence-corrected chi connectivity index (χ3v) is 4.71. The average Bonchev–Trinajstić information content (AvgIpc) is 2.78. The molecule has 0 N–H and O–H groups in total. The number of hydrogen-bond acceptors (Lipinski definition) is 2. The summed E-state index contributed by atoms with van der Waals surface area (Å²) in [5, 5.41) is 0. The molecule has 2 atom stereocenters. The summed E-state index contributed by atoms with van der Waals surface area (Å²) in [7, 11) is 0. The summed E-state index contributed by atoms with van der Waals surface area (Å²) in [5.41, 5.74) is -0.592. The first-order valence-corrected chi connectivity index (χ1v) is 6.45. The van der Waals surface area contributed by atoms with Crippen LogP contribution in [0.2, 0.25) is 0 Å². The second kappa shape index (κ2) is 4.04. The van der Waals surface area contributed by atoms with Crippen molar-refractivity contribution in [2.75, 3.05) is 19.7 Å². The first kappa shape index (κ1) is 12.5. The van der Waals surface area contributed by atoms with E-state index in [0.29, 0.717) is 26.1 Å². The molecule has 2 rings (SSSR count). The molecule has 1 heterocycles. The minimum absolute atomic E-state index is 0.0688. The first-order chi connectivity index (χ1) is 7.40. The molecule has 0 aromatic heterocycles. The number of ether oxygens (including phenoxy) is 1. The highest BCUT2D eigenvalue weighted by Gasteiger charge is 2.68. The van der Waals surface area contributed by atoms with Gasteiger partial charge in [-0.3, -0.25) is 4.79 Å². The van der Waals surface area contributed by atoms with E-state index < -0.39 is 9.75 Å². The van der Waals surface area contributed by atoms with Gasteiger partial charge in [-0.1, -0.05) is 6.92 Å². The van der Waals surface area contributed by atoms with Gasteiger partial charge in [0, 0.05) is 13.1 Å². The Kier molecular flexibility index (Phi) is 3.15. The largest absolute Gasteiger partial charge is 0.375 e. The average molecular weight is 266 g/mol. The second-order valence-corrected chi connectivity index (χ2v) is 6.35. The van der Waals surface area contributed by atoms with Crippen LogP contribution in [-0.2, 0) is 9.53 Å². The van der Waals surface area contributed by atoms with Crippen LogP contribution in [0.15, 0.2) is 0 Å². The monoisotopic (exact) mass is 265 g/mol. The fraction of sp³-hybridized carbons (Fsp3) is 0.909. The molecule has 16 heavy (non-hydrogen) atoms. The van der Waals surface area contributed by atoms with Crippen LogP contribution >= 0.6 is 23.2 Å². The van der Waals surface area contributed by atoms with E-state index in [1.54, 1.807) is 0 Å². The van der Waals surface area contributed by atoms with Gasteiger partial charge in [-0.25, -0.2) is 0 Å². The Morgan fingerprint density at radius 2 is 2.19 bits per heavy atom. The van der Waals surface area contributed by atoms with E-state index >= 15 is 0 Å². The number of nitrogens with zero attached hydrogens (tertiary/aromatic N) is 1. The topological polar surface area (TPSA) is 29.5 Å². The molecule has 1 saturated carbocycles. The Morgan fingerprint density at radius 1 is 1.56 bits per heavy atom. The number of halogens is 2. The lowest BCUT2D eigenvalue weighted by Gasteiger charge is -2.34. The molecule has 1 aliphatic heterocycles. The lowest BCUT2D eigenvalue weighted by Crippen LogP contribution is -2.48. The van der Waals surface area contributed by atoms with Gasteiger partial charge in [0.25, 0.3) is 0 Å². The third kappa shape index (κ3) is 1.93. The van der Waals surface area contributed by atoms with E-state index in [2.05, 4.69) is 6.92 Å². The SMILES string of the molecule is CC[C@@H]1CN(C(=O)[C@@]2(C)CC2(Cl)Cl)CCO1. The quantitative estimate of drug-likeness (QED) is 0.717. The number of amides is 1. The summed E-state index contributed by atoms with van der Waals surface area (Å²) < 4.78 is 4.66. The zero-order valence-electron chi connectivity index (χ0n) is 9.63.